The fourth-order valence-electron chi connectivity index (χ4n) is 2.26. The summed E-state index contributed by atoms with van der Waals surface area (Å²) in [7, 11) is 1.64. The summed E-state index contributed by atoms with van der Waals surface area (Å²) in [5, 5.41) is 2.95. The van der Waals surface area contributed by atoms with Crippen molar-refractivity contribution in [3.63, 3.8) is 0 Å². The van der Waals surface area contributed by atoms with Crippen LogP contribution in [0, 0.1) is 6.92 Å². The van der Waals surface area contributed by atoms with E-state index in [2.05, 4.69) is 10.3 Å². The summed E-state index contributed by atoms with van der Waals surface area (Å²) in [6, 6.07) is 6.86. The Morgan fingerprint density at radius 2 is 1.80 bits per heavy atom. The van der Waals surface area contributed by atoms with E-state index in [0.717, 1.165) is 17.2 Å². The number of aromatic nitrogens is 1. The van der Waals surface area contributed by atoms with Crippen LogP contribution in [-0.2, 0) is 6.18 Å². The third kappa shape index (κ3) is 2.82. The van der Waals surface area contributed by atoms with Crippen molar-refractivity contribution in [2.24, 2.45) is 0 Å². The largest absolute Gasteiger partial charge is 0.416 e. The van der Waals surface area contributed by atoms with Crippen molar-refractivity contribution in [3.8, 4) is 0 Å². The van der Waals surface area contributed by atoms with Gasteiger partial charge in [0, 0.05) is 12.4 Å². The molecule has 1 aromatic carbocycles. The summed E-state index contributed by atoms with van der Waals surface area (Å²) in [4.78, 5) is 4.01. The van der Waals surface area contributed by atoms with Gasteiger partial charge in [0.2, 0.25) is 0 Å². The Morgan fingerprint density at radius 3 is 2.40 bits per heavy atom. The average molecular weight is 280 g/mol. The predicted octanol–water partition coefficient (Wildman–Crippen LogP) is 3.72. The molecule has 0 aliphatic heterocycles. The number of alkyl halides is 3. The van der Waals surface area contributed by atoms with E-state index >= 15 is 0 Å². The smallest absolute Gasteiger partial charge is 0.309 e. The number of aryl methyl sites for hydroxylation is 1. The van der Waals surface area contributed by atoms with E-state index in [0.29, 0.717) is 0 Å². The van der Waals surface area contributed by atoms with Crippen molar-refractivity contribution in [2.75, 3.05) is 7.05 Å². The van der Waals surface area contributed by atoms with Crippen LogP contribution in [-0.4, -0.2) is 12.0 Å². The Kier molecular flexibility index (Phi) is 4.09. The summed E-state index contributed by atoms with van der Waals surface area (Å²) >= 11 is 0. The van der Waals surface area contributed by atoms with Gasteiger partial charge in [-0.2, -0.15) is 13.2 Å². The quantitative estimate of drug-likeness (QED) is 0.927. The summed E-state index contributed by atoms with van der Waals surface area (Å²) in [6.45, 7) is 1.86. The van der Waals surface area contributed by atoms with Gasteiger partial charge in [0.25, 0.3) is 0 Å². The number of pyridine rings is 1. The number of halogens is 3. The van der Waals surface area contributed by atoms with E-state index in [1.165, 1.54) is 12.1 Å². The Morgan fingerprint density at radius 1 is 1.10 bits per heavy atom. The minimum Gasteiger partial charge on any atom is -0.309 e. The maximum Gasteiger partial charge on any atom is 0.416 e. The topological polar surface area (TPSA) is 24.9 Å². The van der Waals surface area contributed by atoms with E-state index in [-0.39, 0.29) is 5.56 Å². The van der Waals surface area contributed by atoms with Crippen LogP contribution in [0.1, 0.15) is 28.3 Å². The first-order chi connectivity index (χ1) is 9.45. The lowest BCUT2D eigenvalue weighted by atomic mass is 9.93. The number of hydrogen-bond donors (Lipinski definition) is 1. The highest BCUT2D eigenvalue weighted by Gasteiger charge is 2.35. The summed E-state index contributed by atoms with van der Waals surface area (Å²) < 4.78 is 39.4. The molecule has 0 aliphatic rings. The molecule has 1 atom stereocenters. The lowest BCUT2D eigenvalue weighted by molar-refractivity contribution is -0.138. The maximum atomic E-state index is 13.1. The SMILES string of the molecule is CNC(c1cnccc1C)c1ccccc1C(F)(F)F. The zero-order chi connectivity index (χ0) is 14.8. The van der Waals surface area contributed by atoms with Crippen molar-refractivity contribution in [2.45, 2.75) is 19.1 Å². The molecule has 0 spiro atoms. The van der Waals surface area contributed by atoms with Crippen LogP contribution in [0.5, 0.6) is 0 Å². The van der Waals surface area contributed by atoms with Crippen LogP contribution in [0.4, 0.5) is 13.2 Å². The molecule has 1 N–H and O–H groups in total. The fraction of sp³-hybridized carbons (Fsp3) is 0.267. The maximum absolute atomic E-state index is 13.1. The molecular formula is C15H15F3N2. The standard InChI is InChI=1S/C15H15F3N2/c1-10-7-8-20-9-12(10)14(19-2)11-5-3-4-6-13(11)15(16,17)18/h3-9,14,19H,1-2H3. The van der Waals surface area contributed by atoms with Gasteiger partial charge in [-0.15, -0.1) is 0 Å². The minimum absolute atomic E-state index is 0.207. The second-order valence-corrected chi connectivity index (χ2v) is 4.54. The monoisotopic (exact) mass is 280 g/mol. The highest BCUT2D eigenvalue weighted by atomic mass is 19.4. The number of nitrogens with one attached hydrogen (secondary N) is 1. The second kappa shape index (κ2) is 5.63. The van der Waals surface area contributed by atoms with Crippen molar-refractivity contribution in [1.82, 2.24) is 10.3 Å². The van der Waals surface area contributed by atoms with Crippen LogP contribution >= 0.6 is 0 Å². The highest BCUT2D eigenvalue weighted by Crippen LogP contribution is 2.36. The van der Waals surface area contributed by atoms with Crippen molar-refractivity contribution in [1.29, 1.82) is 0 Å². The molecule has 0 radical (unpaired) electrons. The summed E-state index contributed by atoms with van der Waals surface area (Å²) in [5.41, 5.74) is 1.23. The van der Waals surface area contributed by atoms with Gasteiger partial charge in [-0.3, -0.25) is 4.98 Å². The van der Waals surface area contributed by atoms with E-state index in [1.54, 1.807) is 31.6 Å². The van der Waals surface area contributed by atoms with E-state index in [1.807, 2.05) is 6.92 Å². The molecule has 1 aromatic heterocycles. The normalized spacial score (nSPS) is 13.2. The van der Waals surface area contributed by atoms with Gasteiger partial charge < -0.3 is 5.32 Å². The molecule has 0 fully saturated rings. The summed E-state index contributed by atoms with van der Waals surface area (Å²) in [5.74, 6) is 0. The first-order valence-corrected chi connectivity index (χ1v) is 6.19. The highest BCUT2D eigenvalue weighted by molar-refractivity contribution is 5.40. The van der Waals surface area contributed by atoms with Crippen LogP contribution in [0.15, 0.2) is 42.7 Å². The minimum atomic E-state index is -4.37. The van der Waals surface area contributed by atoms with Crippen LogP contribution in [0.25, 0.3) is 0 Å². The molecule has 0 bridgehead atoms. The second-order valence-electron chi connectivity index (χ2n) is 4.54. The predicted molar refractivity (Wildman–Crippen MR) is 71.3 cm³/mol. The molecule has 0 saturated heterocycles. The van der Waals surface area contributed by atoms with E-state index in [9.17, 15) is 13.2 Å². The van der Waals surface area contributed by atoms with Gasteiger partial charge >= 0.3 is 6.18 Å². The molecule has 20 heavy (non-hydrogen) atoms. The Bertz CT molecular complexity index is 594. The van der Waals surface area contributed by atoms with Crippen molar-refractivity contribution < 1.29 is 13.2 Å². The van der Waals surface area contributed by atoms with Crippen molar-refractivity contribution in [3.05, 3.63) is 65.0 Å². The third-order valence-corrected chi connectivity index (χ3v) is 3.26. The van der Waals surface area contributed by atoms with E-state index < -0.39 is 17.8 Å². The molecule has 1 unspecified atom stereocenters. The molecule has 0 aliphatic carbocycles. The molecule has 0 saturated carbocycles. The Hall–Kier alpha value is -1.88. The molecule has 106 valence electrons. The lowest BCUT2D eigenvalue weighted by Crippen LogP contribution is -2.22. The molecule has 5 heteroatoms. The number of rotatable bonds is 3. The molecule has 0 amide bonds. The first-order valence-electron chi connectivity index (χ1n) is 6.19. The van der Waals surface area contributed by atoms with Gasteiger partial charge in [0.1, 0.15) is 0 Å². The molecular weight excluding hydrogens is 265 g/mol. The Labute approximate surface area is 115 Å². The van der Waals surface area contributed by atoms with Gasteiger partial charge in [-0.1, -0.05) is 18.2 Å². The number of benzene rings is 1. The third-order valence-electron chi connectivity index (χ3n) is 3.26. The van der Waals surface area contributed by atoms with Crippen LogP contribution < -0.4 is 5.32 Å². The molecule has 1 heterocycles. The van der Waals surface area contributed by atoms with Crippen molar-refractivity contribution >= 4 is 0 Å². The lowest BCUT2D eigenvalue weighted by Gasteiger charge is -2.22. The van der Waals surface area contributed by atoms with Gasteiger partial charge in [-0.25, -0.2) is 0 Å². The molecule has 2 aromatic rings. The molecule has 2 rings (SSSR count). The zero-order valence-electron chi connectivity index (χ0n) is 11.2. The summed E-state index contributed by atoms with van der Waals surface area (Å²) in [6.07, 6.45) is -1.15. The van der Waals surface area contributed by atoms with Gasteiger partial charge in [0.15, 0.2) is 0 Å². The zero-order valence-corrected chi connectivity index (χ0v) is 11.2. The van der Waals surface area contributed by atoms with Gasteiger partial charge in [0.05, 0.1) is 11.6 Å². The van der Waals surface area contributed by atoms with E-state index in [4.69, 9.17) is 0 Å². The average Bonchev–Trinajstić information content (AvgIpc) is 2.41. The fourth-order valence-corrected chi connectivity index (χ4v) is 2.26. The van der Waals surface area contributed by atoms with Crippen LogP contribution in [0.2, 0.25) is 0 Å². The number of hydrogen-bond acceptors (Lipinski definition) is 2. The number of nitrogens with zero attached hydrogens (tertiary/aromatic N) is 1. The van der Waals surface area contributed by atoms with Gasteiger partial charge in [-0.05, 0) is 42.8 Å². The Balaban J connectivity index is 2.57. The molecule has 2 nitrogen and oxygen atoms in total. The first kappa shape index (κ1) is 14.5. The van der Waals surface area contributed by atoms with Crippen LogP contribution in [0.3, 0.4) is 0 Å².